The Labute approximate surface area is 136 Å². The van der Waals surface area contributed by atoms with Gasteiger partial charge < -0.3 is 10.6 Å². The fourth-order valence-electron chi connectivity index (χ4n) is 2.29. The van der Waals surface area contributed by atoms with Crippen molar-refractivity contribution >= 4 is 23.2 Å². The molecule has 2 N–H and O–H groups in total. The largest absolute Gasteiger partial charge is 0.326 e. The van der Waals surface area contributed by atoms with Crippen LogP contribution in [0.4, 0.5) is 11.4 Å². The topological polar surface area (TPSA) is 58.2 Å². The fourth-order valence-corrected chi connectivity index (χ4v) is 2.29. The number of nitrogens with one attached hydrogen (secondary N) is 2. The van der Waals surface area contributed by atoms with Crippen molar-refractivity contribution in [2.75, 3.05) is 10.6 Å². The van der Waals surface area contributed by atoms with Crippen LogP contribution < -0.4 is 10.6 Å². The van der Waals surface area contributed by atoms with E-state index in [1.165, 1.54) is 0 Å². The summed E-state index contributed by atoms with van der Waals surface area (Å²) in [5.41, 5.74) is 3.72. The first kappa shape index (κ1) is 16.7. The van der Waals surface area contributed by atoms with Crippen LogP contribution in [0.1, 0.15) is 31.4 Å². The van der Waals surface area contributed by atoms with Gasteiger partial charge in [0.2, 0.25) is 11.8 Å². The van der Waals surface area contributed by atoms with E-state index in [4.69, 9.17) is 0 Å². The summed E-state index contributed by atoms with van der Waals surface area (Å²) in [6.07, 6.45) is 1.60. The highest BCUT2D eigenvalue weighted by molar-refractivity contribution is 6.08. The molecule has 0 aromatic heterocycles. The molecular formula is C19H22N2O2. The Bertz CT molecular complexity index is 636. The van der Waals surface area contributed by atoms with Crippen LogP contribution in [0, 0.1) is 0 Å². The quantitative estimate of drug-likeness (QED) is 0.798. The molecule has 0 aliphatic rings. The lowest BCUT2D eigenvalue weighted by atomic mass is 10.1. The number of hydrogen-bond acceptors (Lipinski definition) is 2. The predicted octanol–water partition coefficient (Wildman–Crippen LogP) is 3.78. The number of aryl methyl sites for hydroxylation is 2. The summed E-state index contributed by atoms with van der Waals surface area (Å²) in [5, 5.41) is 5.51. The lowest BCUT2D eigenvalue weighted by molar-refractivity contribution is -0.123. The zero-order chi connectivity index (χ0) is 16.7. The smallest absolute Gasteiger partial charge is 0.233 e. The Hall–Kier alpha value is -2.62. The molecule has 2 aromatic carbocycles. The minimum absolute atomic E-state index is 0.202. The van der Waals surface area contributed by atoms with Crippen molar-refractivity contribution in [1.82, 2.24) is 0 Å². The standard InChI is InChI=1S/C19H22N2O2/c1-3-14-7-5-9-16(11-14)20-18(22)13-19(23)21-17-10-6-8-15(4-2)12-17/h5-12H,3-4,13H2,1-2H3,(H,20,22)(H,21,23). The van der Waals surface area contributed by atoms with E-state index in [9.17, 15) is 9.59 Å². The molecular weight excluding hydrogens is 288 g/mol. The van der Waals surface area contributed by atoms with E-state index in [1.54, 1.807) is 0 Å². The summed E-state index contributed by atoms with van der Waals surface area (Å²) in [4.78, 5) is 23.9. The van der Waals surface area contributed by atoms with Crippen LogP contribution in [-0.2, 0) is 22.4 Å². The van der Waals surface area contributed by atoms with Gasteiger partial charge in [0.05, 0.1) is 0 Å². The Morgan fingerprint density at radius 1 is 0.783 bits per heavy atom. The van der Waals surface area contributed by atoms with Crippen molar-refractivity contribution in [3.8, 4) is 0 Å². The van der Waals surface area contributed by atoms with Gasteiger partial charge in [-0.2, -0.15) is 0 Å². The second-order valence-corrected chi connectivity index (χ2v) is 5.38. The van der Waals surface area contributed by atoms with Crippen molar-refractivity contribution in [3.05, 3.63) is 59.7 Å². The number of rotatable bonds is 6. The third-order valence-electron chi connectivity index (χ3n) is 3.56. The average Bonchev–Trinajstić information content (AvgIpc) is 2.54. The van der Waals surface area contributed by atoms with Crippen LogP contribution in [0.5, 0.6) is 0 Å². The molecule has 2 amide bonds. The molecule has 120 valence electrons. The van der Waals surface area contributed by atoms with E-state index in [1.807, 2.05) is 48.5 Å². The second-order valence-electron chi connectivity index (χ2n) is 5.38. The zero-order valence-electron chi connectivity index (χ0n) is 13.6. The molecule has 0 saturated carbocycles. The first-order valence-electron chi connectivity index (χ1n) is 7.88. The van der Waals surface area contributed by atoms with Gasteiger partial charge in [-0.3, -0.25) is 9.59 Å². The molecule has 2 aromatic rings. The first-order chi connectivity index (χ1) is 11.1. The van der Waals surface area contributed by atoms with Crippen LogP contribution in [-0.4, -0.2) is 11.8 Å². The van der Waals surface area contributed by atoms with Crippen molar-refractivity contribution in [3.63, 3.8) is 0 Å². The number of carbonyl (C=O) groups is 2. The van der Waals surface area contributed by atoms with Gasteiger partial charge in [-0.1, -0.05) is 38.1 Å². The van der Waals surface area contributed by atoms with Crippen molar-refractivity contribution in [2.45, 2.75) is 33.1 Å². The highest BCUT2D eigenvalue weighted by Crippen LogP contribution is 2.13. The van der Waals surface area contributed by atoms with E-state index < -0.39 is 0 Å². The van der Waals surface area contributed by atoms with Crippen LogP contribution in [0.2, 0.25) is 0 Å². The molecule has 0 unspecified atom stereocenters. The maximum absolute atomic E-state index is 12.0. The zero-order valence-corrected chi connectivity index (χ0v) is 13.6. The van der Waals surface area contributed by atoms with Crippen LogP contribution in [0.15, 0.2) is 48.5 Å². The van der Waals surface area contributed by atoms with E-state index in [2.05, 4.69) is 24.5 Å². The van der Waals surface area contributed by atoms with Gasteiger partial charge in [0, 0.05) is 11.4 Å². The van der Waals surface area contributed by atoms with Gasteiger partial charge in [0.25, 0.3) is 0 Å². The molecule has 0 spiro atoms. The molecule has 0 aliphatic heterocycles. The normalized spacial score (nSPS) is 10.2. The van der Waals surface area contributed by atoms with Gasteiger partial charge >= 0.3 is 0 Å². The summed E-state index contributed by atoms with van der Waals surface area (Å²) >= 11 is 0. The molecule has 0 bridgehead atoms. The molecule has 0 atom stereocenters. The second kappa shape index (κ2) is 8.13. The molecule has 2 rings (SSSR count). The third kappa shape index (κ3) is 5.25. The minimum Gasteiger partial charge on any atom is -0.326 e. The minimum atomic E-state index is -0.317. The third-order valence-corrected chi connectivity index (χ3v) is 3.56. The molecule has 4 nitrogen and oxygen atoms in total. The van der Waals surface area contributed by atoms with E-state index in [-0.39, 0.29) is 18.2 Å². The Morgan fingerprint density at radius 3 is 1.61 bits per heavy atom. The number of anilines is 2. The summed E-state index contributed by atoms with van der Waals surface area (Å²) in [6, 6.07) is 15.3. The van der Waals surface area contributed by atoms with Gasteiger partial charge in [0.15, 0.2) is 0 Å². The predicted molar refractivity (Wildman–Crippen MR) is 93.5 cm³/mol. The molecule has 0 heterocycles. The van der Waals surface area contributed by atoms with Gasteiger partial charge in [-0.15, -0.1) is 0 Å². The number of hydrogen-bond donors (Lipinski definition) is 2. The van der Waals surface area contributed by atoms with E-state index >= 15 is 0 Å². The highest BCUT2D eigenvalue weighted by Gasteiger charge is 2.10. The van der Waals surface area contributed by atoms with Gasteiger partial charge in [-0.05, 0) is 48.2 Å². The number of amides is 2. The summed E-state index contributed by atoms with van der Waals surface area (Å²) in [6.45, 7) is 4.11. The molecule has 0 aliphatic carbocycles. The SMILES string of the molecule is CCc1cccc(NC(=O)CC(=O)Nc2cccc(CC)c2)c1. The lowest BCUT2D eigenvalue weighted by Gasteiger charge is -2.08. The van der Waals surface area contributed by atoms with Crippen LogP contribution >= 0.6 is 0 Å². The molecule has 0 radical (unpaired) electrons. The Morgan fingerprint density at radius 2 is 1.22 bits per heavy atom. The maximum Gasteiger partial charge on any atom is 0.233 e. The summed E-state index contributed by atoms with van der Waals surface area (Å²) in [7, 11) is 0. The van der Waals surface area contributed by atoms with Gasteiger partial charge in [0.1, 0.15) is 6.42 Å². The fraction of sp³-hybridized carbons (Fsp3) is 0.263. The van der Waals surface area contributed by atoms with E-state index in [0.29, 0.717) is 0 Å². The van der Waals surface area contributed by atoms with Crippen molar-refractivity contribution < 1.29 is 9.59 Å². The molecule has 0 saturated heterocycles. The van der Waals surface area contributed by atoms with Crippen molar-refractivity contribution in [2.24, 2.45) is 0 Å². The lowest BCUT2D eigenvalue weighted by Crippen LogP contribution is -2.21. The molecule has 0 fully saturated rings. The monoisotopic (exact) mass is 310 g/mol. The Kier molecular flexibility index (Phi) is 5.92. The first-order valence-corrected chi connectivity index (χ1v) is 7.88. The molecule has 4 heteroatoms. The van der Waals surface area contributed by atoms with Crippen LogP contribution in [0.25, 0.3) is 0 Å². The molecule has 23 heavy (non-hydrogen) atoms. The van der Waals surface area contributed by atoms with Gasteiger partial charge in [-0.25, -0.2) is 0 Å². The van der Waals surface area contributed by atoms with Crippen LogP contribution in [0.3, 0.4) is 0 Å². The number of benzene rings is 2. The van der Waals surface area contributed by atoms with Crippen molar-refractivity contribution in [1.29, 1.82) is 0 Å². The Balaban J connectivity index is 1.90. The summed E-state index contributed by atoms with van der Waals surface area (Å²) < 4.78 is 0. The average molecular weight is 310 g/mol. The highest BCUT2D eigenvalue weighted by atomic mass is 16.2. The number of carbonyl (C=O) groups excluding carboxylic acids is 2. The van der Waals surface area contributed by atoms with E-state index in [0.717, 1.165) is 35.3 Å². The summed E-state index contributed by atoms with van der Waals surface area (Å²) in [5.74, 6) is -0.634. The maximum atomic E-state index is 12.0.